The van der Waals surface area contributed by atoms with Crippen molar-refractivity contribution in [2.75, 3.05) is 44.7 Å². The highest BCUT2D eigenvalue weighted by molar-refractivity contribution is 5.89. The predicted molar refractivity (Wildman–Crippen MR) is 113 cm³/mol. The molecular formula is C21H33N3O5. The number of likely N-dealkylation sites (N-methyl/N-ethyl adjacent to an activating group) is 1. The highest BCUT2D eigenvalue weighted by atomic mass is 16.5. The number of unbranched alkanes of at least 4 members (excludes halogenated alkanes) is 3. The quantitative estimate of drug-likeness (QED) is 0.476. The number of pyridine rings is 1. The van der Waals surface area contributed by atoms with Gasteiger partial charge in [-0.2, -0.15) is 0 Å². The largest absolute Gasteiger partial charge is 0.492 e. The van der Waals surface area contributed by atoms with E-state index in [1.807, 2.05) is 12.4 Å². The molecule has 0 aliphatic carbocycles. The van der Waals surface area contributed by atoms with E-state index in [-0.39, 0.29) is 0 Å². The molecule has 162 valence electrons. The van der Waals surface area contributed by atoms with Crippen molar-refractivity contribution in [1.82, 2.24) is 9.88 Å². The van der Waals surface area contributed by atoms with Gasteiger partial charge in [-0.1, -0.05) is 26.2 Å². The first-order chi connectivity index (χ1) is 13.9. The lowest BCUT2D eigenvalue weighted by atomic mass is 10.2. The molecule has 2 rings (SSSR count). The number of carboxylic acids is 2. The molecule has 0 amide bonds. The van der Waals surface area contributed by atoms with Crippen molar-refractivity contribution in [2.45, 2.75) is 39.0 Å². The number of aromatic nitrogens is 1. The maximum Gasteiger partial charge on any atom is 0.328 e. The lowest BCUT2D eigenvalue weighted by Gasteiger charge is -2.22. The van der Waals surface area contributed by atoms with E-state index in [2.05, 4.69) is 34.8 Å². The Morgan fingerprint density at radius 1 is 1.07 bits per heavy atom. The van der Waals surface area contributed by atoms with Gasteiger partial charge in [-0.15, -0.1) is 0 Å². The van der Waals surface area contributed by atoms with E-state index in [4.69, 9.17) is 14.9 Å². The molecule has 0 unspecified atom stereocenters. The number of nitrogens with zero attached hydrogens (tertiary/aromatic N) is 3. The van der Waals surface area contributed by atoms with Gasteiger partial charge in [-0.05, 0) is 26.4 Å². The van der Waals surface area contributed by atoms with Gasteiger partial charge in [0.15, 0.2) is 0 Å². The first kappa shape index (κ1) is 24.4. The Balaban J connectivity index is 0.000000447. The Kier molecular flexibility index (Phi) is 12.1. The van der Waals surface area contributed by atoms with Crippen LogP contribution in [-0.4, -0.2) is 71.9 Å². The summed E-state index contributed by atoms with van der Waals surface area (Å²) in [7, 11) is 2.19. The zero-order chi connectivity index (χ0) is 21.5. The van der Waals surface area contributed by atoms with Crippen LogP contribution < -0.4 is 9.64 Å². The first-order valence-electron chi connectivity index (χ1n) is 10.1. The van der Waals surface area contributed by atoms with Crippen molar-refractivity contribution in [1.29, 1.82) is 0 Å². The summed E-state index contributed by atoms with van der Waals surface area (Å²) in [5, 5.41) is 15.6. The molecule has 1 aliphatic heterocycles. The van der Waals surface area contributed by atoms with E-state index >= 15 is 0 Å². The van der Waals surface area contributed by atoms with Crippen LogP contribution >= 0.6 is 0 Å². The van der Waals surface area contributed by atoms with Gasteiger partial charge in [-0.3, -0.25) is 4.98 Å². The van der Waals surface area contributed by atoms with Gasteiger partial charge in [0.05, 0.1) is 24.7 Å². The van der Waals surface area contributed by atoms with Crippen LogP contribution in [-0.2, 0) is 9.59 Å². The van der Waals surface area contributed by atoms with Crippen molar-refractivity contribution in [3.8, 4) is 5.75 Å². The summed E-state index contributed by atoms with van der Waals surface area (Å²) in [6.07, 6.45) is 11.0. The Bertz CT molecular complexity index is 635. The summed E-state index contributed by atoms with van der Waals surface area (Å²) in [4.78, 5) is 28.3. The summed E-state index contributed by atoms with van der Waals surface area (Å²) in [6.45, 7) is 7.49. The van der Waals surface area contributed by atoms with Crippen molar-refractivity contribution in [2.24, 2.45) is 0 Å². The number of carbonyl (C=O) groups is 2. The molecule has 2 N–H and O–H groups in total. The predicted octanol–water partition coefficient (Wildman–Crippen LogP) is 2.89. The Morgan fingerprint density at radius 3 is 2.45 bits per heavy atom. The molecule has 2 heterocycles. The second-order valence-corrected chi connectivity index (χ2v) is 6.94. The van der Waals surface area contributed by atoms with Crippen LogP contribution in [0, 0.1) is 0 Å². The second-order valence-electron chi connectivity index (χ2n) is 6.94. The first-order valence-corrected chi connectivity index (χ1v) is 10.1. The SMILES string of the molecule is CCCCCCOc1cncc(N2CCCN(C)CC2)c1.O=C(O)/C=C/C(=O)O. The van der Waals surface area contributed by atoms with Gasteiger partial charge in [-0.25, -0.2) is 9.59 Å². The van der Waals surface area contributed by atoms with Gasteiger partial charge in [0, 0.05) is 37.9 Å². The minimum atomic E-state index is -1.26. The minimum absolute atomic E-state index is 0.558. The molecule has 0 aromatic carbocycles. The fourth-order valence-corrected chi connectivity index (χ4v) is 2.83. The maximum atomic E-state index is 9.55. The van der Waals surface area contributed by atoms with E-state index in [0.717, 1.165) is 38.4 Å². The summed E-state index contributed by atoms with van der Waals surface area (Å²) in [5.41, 5.74) is 1.19. The van der Waals surface area contributed by atoms with Gasteiger partial charge in [0.1, 0.15) is 5.75 Å². The molecule has 0 saturated carbocycles. The van der Waals surface area contributed by atoms with Gasteiger partial charge < -0.3 is 24.7 Å². The number of hydrogen-bond donors (Lipinski definition) is 2. The summed E-state index contributed by atoms with van der Waals surface area (Å²) in [5.74, 6) is -1.61. The van der Waals surface area contributed by atoms with Crippen molar-refractivity contribution >= 4 is 17.6 Å². The lowest BCUT2D eigenvalue weighted by Crippen LogP contribution is -2.28. The third-order valence-electron chi connectivity index (χ3n) is 4.42. The number of anilines is 1. The molecule has 1 aromatic rings. The van der Waals surface area contributed by atoms with E-state index in [1.165, 1.54) is 37.9 Å². The molecule has 0 radical (unpaired) electrons. The number of rotatable bonds is 9. The molecule has 8 heteroatoms. The molecule has 0 atom stereocenters. The average molecular weight is 408 g/mol. The van der Waals surface area contributed by atoms with E-state index in [9.17, 15) is 9.59 Å². The van der Waals surface area contributed by atoms with Crippen molar-refractivity contribution in [3.63, 3.8) is 0 Å². The number of ether oxygens (including phenoxy) is 1. The Hall–Kier alpha value is -2.61. The van der Waals surface area contributed by atoms with Crippen LogP contribution in [0.5, 0.6) is 5.75 Å². The zero-order valence-electron chi connectivity index (χ0n) is 17.4. The molecule has 1 fully saturated rings. The van der Waals surface area contributed by atoms with Crippen molar-refractivity contribution in [3.05, 3.63) is 30.6 Å². The zero-order valence-corrected chi connectivity index (χ0v) is 17.4. The smallest absolute Gasteiger partial charge is 0.328 e. The molecule has 1 saturated heterocycles. The number of hydrogen-bond acceptors (Lipinski definition) is 6. The molecule has 1 aliphatic rings. The van der Waals surface area contributed by atoms with Crippen molar-refractivity contribution < 1.29 is 24.5 Å². The molecule has 29 heavy (non-hydrogen) atoms. The molecular weight excluding hydrogens is 374 g/mol. The maximum absolute atomic E-state index is 9.55. The molecule has 8 nitrogen and oxygen atoms in total. The number of aliphatic carboxylic acids is 2. The van der Waals surface area contributed by atoms with Gasteiger partial charge in [0.25, 0.3) is 0 Å². The number of carboxylic acid groups (broad SMARTS) is 2. The standard InChI is InChI=1S/C17H29N3O.C4H4O4/c1-3-4-5-6-12-21-17-13-16(14-18-15-17)20-9-7-8-19(2)10-11-20;5-3(6)1-2-4(7)8/h13-15H,3-12H2,1-2H3;1-2H,(H,5,6)(H,7,8)/b;2-1+. The normalized spacial score (nSPS) is 14.8. The Labute approximate surface area is 172 Å². The van der Waals surface area contributed by atoms with Crippen LogP contribution in [0.3, 0.4) is 0 Å². The van der Waals surface area contributed by atoms with E-state index in [1.54, 1.807) is 0 Å². The van der Waals surface area contributed by atoms with Crippen LogP contribution in [0.25, 0.3) is 0 Å². The molecule has 1 aromatic heterocycles. The highest BCUT2D eigenvalue weighted by Crippen LogP contribution is 2.21. The molecule has 0 spiro atoms. The second kappa shape index (κ2) is 14.4. The minimum Gasteiger partial charge on any atom is -0.492 e. The van der Waals surface area contributed by atoms with E-state index in [0.29, 0.717) is 12.2 Å². The van der Waals surface area contributed by atoms with Gasteiger partial charge >= 0.3 is 11.9 Å². The summed E-state index contributed by atoms with van der Waals surface area (Å²) < 4.78 is 5.84. The fraction of sp³-hybridized carbons (Fsp3) is 0.571. The third kappa shape index (κ3) is 11.7. The molecule has 0 bridgehead atoms. The lowest BCUT2D eigenvalue weighted by molar-refractivity contribution is -0.134. The van der Waals surface area contributed by atoms with Crippen LogP contribution in [0.2, 0.25) is 0 Å². The van der Waals surface area contributed by atoms with Gasteiger partial charge in [0.2, 0.25) is 0 Å². The van der Waals surface area contributed by atoms with Crippen LogP contribution in [0.1, 0.15) is 39.0 Å². The van der Waals surface area contributed by atoms with Crippen LogP contribution in [0.4, 0.5) is 5.69 Å². The van der Waals surface area contributed by atoms with Crippen LogP contribution in [0.15, 0.2) is 30.6 Å². The average Bonchev–Trinajstić information content (AvgIpc) is 2.91. The topological polar surface area (TPSA) is 103 Å². The third-order valence-corrected chi connectivity index (χ3v) is 4.42. The van der Waals surface area contributed by atoms with E-state index < -0.39 is 11.9 Å². The summed E-state index contributed by atoms with van der Waals surface area (Å²) >= 11 is 0. The summed E-state index contributed by atoms with van der Waals surface area (Å²) in [6, 6.07) is 2.14. The fourth-order valence-electron chi connectivity index (χ4n) is 2.83. The highest BCUT2D eigenvalue weighted by Gasteiger charge is 2.13. The Morgan fingerprint density at radius 2 is 1.79 bits per heavy atom. The monoisotopic (exact) mass is 407 g/mol.